The van der Waals surface area contributed by atoms with E-state index < -0.39 is 34.1 Å². The van der Waals surface area contributed by atoms with E-state index in [-0.39, 0.29) is 56.0 Å². The summed E-state index contributed by atoms with van der Waals surface area (Å²) >= 11 is 0. The molecule has 0 aromatic carbocycles. The van der Waals surface area contributed by atoms with Crippen molar-refractivity contribution >= 4 is 11.8 Å². The molecule has 4 N–H and O–H groups in total. The molecule has 2 amide bonds. The molecular weight excluding hydrogens is 451 g/mol. The number of rotatable bonds is 6. The van der Waals surface area contributed by atoms with Gasteiger partial charge in [-0.15, -0.1) is 0 Å². The van der Waals surface area contributed by atoms with Gasteiger partial charge < -0.3 is 50.5 Å². The molecule has 1 rings (SSSR count). The zero-order valence-electron chi connectivity index (χ0n) is 19.4. The van der Waals surface area contributed by atoms with E-state index in [0.717, 1.165) is 0 Å². The second-order valence-electron chi connectivity index (χ2n) is 9.27. The molecule has 0 radical (unpaired) electrons. The van der Waals surface area contributed by atoms with Gasteiger partial charge in [0.1, 0.15) is 11.2 Å². The molecule has 2 atom stereocenters. The Labute approximate surface area is 195 Å². The van der Waals surface area contributed by atoms with Gasteiger partial charge in [-0.1, -0.05) is 38.8 Å². The second kappa shape index (κ2) is 12.4. The molecule has 0 unspecified atom stereocenters. The summed E-state index contributed by atoms with van der Waals surface area (Å²) in [5, 5.41) is 33.2. The van der Waals surface area contributed by atoms with Gasteiger partial charge in [0, 0.05) is 13.1 Å². The number of hydrogen-bond donors (Lipinski definition) is 4. The number of nitrogens with zero attached hydrogens (tertiary/aromatic N) is 2. The average Bonchev–Trinajstić information content (AvgIpc) is 2.62. The van der Waals surface area contributed by atoms with Crippen molar-refractivity contribution in [3.63, 3.8) is 0 Å². The van der Waals surface area contributed by atoms with Crippen molar-refractivity contribution in [2.24, 2.45) is 0 Å². The van der Waals surface area contributed by atoms with E-state index in [1.165, 1.54) is 0 Å². The number of nitrogens with one attached hydrogen (secondary N) is 2. The summed E-state index contributed by atoms with van der Waals surface area (Å²) in [7, 11) is 0. The maximum atomic E-state index is 12.9. The molecule has 31 heavy (non-hydrogen) atoms. The van der Waals surface area contributed by atoms with Crippen molar-refractivity contribution < 1.29 is 45.8 Å². The minimum Gasteiger partial charge on any atom is -0.645 e. The molecule has 1 aliphatic heterocycles. The van der Waals surface area contributed by atoms with Gasteiger partial charge in [0.25, 0.3) is 0 Å². The summed E-state index contributed by atoms with van der Waals surface area (Å²) in [5.41, 5.74) is -4.07. The van der Waals surface area contributed by atoms with Gasteiger partial charge in [0.15, 0.2) is 0 Å². The van der Waals surface area contributed by atoms with Gasteiger partial charge in [-0.05, 0) is 26.9 Å². The maximum absolute atomic E-state index is 12.9. The van der Waals surface area contributed by atoms with Crippen LogP contribution in [0.2, 0.25) is 0 Å². The smallest absolute Gasteiger partial charge is 0.645 e. The molecular formula is C20H38N4NiO6. The Morgan fingerprint density at radius 3 is 1.35 bits per heavy atom. The molecule has 0 aliphatic carbocycles. The molecule has 0 spiro atoms. The first kappa shape index (κ1) is 30.2. The monoisotopic (exact) mass is 488 g/mol. The Morgan fingerprint density at radius 1 is 0.742 bits per heavy atom. The third kappa shape index (κ3) is 9.69. The van der Waals surface area contributed by atoms with Crippen molar-refractivity contribution in [2.75, 3.05) is 52.6 Å². The SMILES string of the molecule is CC1(C)CNC[C@@](C)(OCCO)C(=O)[N-]C(C)(C)CNC[C@@](C)(OCCO)C(=O)[N-]1.[Ni+2]. The van der Waals surface area contributed by atoms with Gasteiger partial charge in [0.2, 0.25) is 0 Å². The number of aliphatic hydroxyl groups excluding tert-OH is 2. The number of carbonyl (C=O) groups is 2. The normalized spacial score (nSPS) is 29.8. The molecule has 0 aromatic rings. The Hall–Kier alpha value is -0.806. The number of carbonyl (C=O) groups excluding carboxylic acids is 2. The van der Waals surface area contributed by atoms with E-state index >= 15 is 0 Å². The average molecular weight is 489 g/mol. The largest absolute Gasteiger partial charge is 2.00 e. The predicted molar refractivity (Wildman–Crippen MR) is 114 cm³/mol. The maximum Gasteiger partial charge on any atom is 2.00 e. The van der Waals surface area contributed by atoms with Crippen LogP contribution in [0.4, 0.5) is 0 Å². The number of amides is 2. The first-order chi connectivity index (χ1) is 13.8. The summed E-state index contributed by atoms with van der Waals surface area (Å²) in [6.45, 7) is 10.9. The fraction of sp³-hybridized carbons (Fsp3) is 0.900. The molecule has 0 bridgehead atoms. The van der Waals surface area contributed by atoms with Crippen LogP contribution in [-0.2, 0) is 35.6 Å². The van der Waals surface area contributed by atoms with Crippen molar-refractivity contribution in [1.82, 2.24) is 10.6 Å². The summed E-state index contributed by atoms with van der Waals surface area (Å²) in [5.74, 6) is -0.866. The minimum absolute atomic E-state index is 0. The Kier molecular flexibility index (Phi) is 12.1. The van der Waals surface area contributed by atoms with E-state index in [1.54, 1.807) is 41.5 Å². The standard InChI is InChI=1S/C20H40N4O6.Ni/c1-17(2)11-21-13-20(6,30-10-8-26)16(28)24-18(3,4)12-22-14-19(5,15(27)23-17)29-9-7-25;/h21-22,25-26H,7-14H2,1-6H3,(H2,23,24,27,28);/q;+2/p-2/t19-,20-;/m1./s1. The topological polar surface area (TPSA) is 145 Å². The van der Waals surface area contributed by atoms with Gasteiger partial charge in [0.05, 0.1) is 38.2 Å². The molecule has 1 aliphatic rings. The Bertz CT molecular complexity index is 542. The van der Waals surface area contributed by atoms with Crippen molar-refractivity contribution in [3.8, 4) is 0 Å². The first-order valence-corrected chi connectivity index (χ1v) is 10.2. The molecule has 11 heteroatoms. The fourth-order valence-corrected chi connectivity index (χ4v) is 3.00. The van der Waals surface area contributed by atoms with Gasteiger partial charge >= 0.3 is 16.5 Å². The van der Waals surface area contributed by atoms with E-state index in [9.17, 15) is 9.59 Å². The third-order valence-electron chi connectivity index (χ3n) is 4.78. The van der Waals surface area contributed by atoms with Crippen LogP contribution in [0.3, 0.4) is 0 Å². The van der Waals surface area contributed by atoms with Crippen LogP contribution in [0.1, 0.15) is 41.5 Å². The zero-order valence-corrected chi connectivity index (χ0v) is 20.4. The number of aliphatic hydroxyl groups is 2. The summed E-state index contributed by atoms with van der Waals surface area (Å²) in [6.07, 6.45) is 0. The summed E-state index contributed by atoms with van der Waals surface area (Å²) < 4.78 is 11.3. The molecule has 0 saturated carbocycles. The van der Waals surface area contributed by atoms with Gasteiger partial charge in [-0.3, -0.25) is 0 Å². The van der Waals surface area contributed by atoms with E-state index in [2.05, 4.69) is 21.3 Å². The predicted octanol–water partition coefficient (Wildman–Crippen LogP) is 0.0697. The Morgan fingerprint density at radius 2 is 1.06 bits per heavy atom. The van der Waals surface area contributed by atoms with Crippen LogP contribution in [0.15, 0.2) is 0 Å². The van der Waals surface area contributed by atoms with E-state index in [0.29, 0.717) is 13.1 Å². The summed E-state index contributed by atoms with van der Waals surface area (Å²) in [4.78, 5) is 25.9. The third-order valence-corrected chi connectivity index (χ3v) is 4.78. The molecule has 0 aromatic heterocycles. The van der Waals surface area contributed by atoms with Crippen LogP contribution < -0.4 is 10.6 Å². The van der Waals surface area contributed by atoms with Crippen molar-refractivity contribution in [2.45, 2.75) is 63.8 Å². The van der Waals surface area contributed by atoms with Crippen LogP contribution in [-0.4, -0.2) is 96.9 Å². The van der Waals surface area contributed by atoms with E-state index in [4.69, 9.17) is 19.7 Å². The molecule has 1 fully saturated rings. The van der Waals surface area contributed by atoms with Crippen LogP contribution >= 0.6 is 0 Å². The molecule has 10 nitrogen and oxygen atoms in total. The first-order valence-electron chi connectivity index (χ1n) is 10.2. The fourth-order valence-electron chi connectivity index (χ4n) is 3.00. The Balaban J connectivity index is 0.00000900. The van der Waals surface area contributed by atoms with Crippen LogP contribution in [0, 0.1) is 0 Å². The van der Waals surface area contributed by atoms with Gasteiger partial charge in [-0.2, -0.15) is 0 Å². The second-order valence-corrected chi connectivity index (χ2v) is 9.27. The molecule has 184 valence electrons. The van der Waals surface area contributed by atoms with Crippen molar-refractivity contribution in [3.05, 3.63) is 10.6 Å². The van der Waals surface area contributed by atoms with Gasteiger partial charge in [-0.25, -0.2) is 0 Å². The van der Waals surface area contributed by atoms with E-state index in [1.807, 2.05) is 0 Å². The van der Waals surface area contributed by atoms with Crippen LogP contribution in [0.25, 0.3) is 10.6 Å². The summed E-state index contributed by atoms with van der Waals surface area (Å²) in [6, 6.07) is 0. The quantitative estimate of drug-likeness (QED) is 0.384. The minimum atomic E-state index is -1.26. The van der Waals surface area contributed by atoms with Crippen LogP contribution in [0.5, 0.6) is 0 Å². The number of ether oxygens (including phenoxy) is 2. The molecule has 1 saturated heterocycles. The zero-order chi connectivity index (χ0) is 23.1. The number of hydrogen-bond acceptors (Lipinski definition) is 8. The molecule has 1 heterocycles. The van der Waals surface area contributed by atoms with Crippen molar-refractivity contribution in [1.29, 1.82) is 0 Å².